The molecule has 140 valence electrons. The van der Waals surface area contributed by atoms with E-state index in [1.165, 1.54) is 0 Å². The molecule has 5 N–H and O–H groups in total. The summed E-state index contributed by atoms with van der Waals surface area (Å²) in [5, 5.41) is 14.2. The molecule has 0 aliphatic rings. The Labute approximate surface area is 170 Å². The van der Waals surface area contributed by atoms with Crippen LogP contribution in [0.15, 0.2) is 60.7 Å². The highest BCUT2D eigenvalue weighted by Crippen LogP contribution is 2.32. The van der Waals surface area contributed by atoms with E-state index in [0.717, 1.165) is 22.0 Å². The third-order valence-electron chi connectivity index (χ3n) is 4.25. The average Bonchev–Trinajstić information content (AvgIpc) is 3.07. The molecule has 0 aliphatic carbocycles. The summed E-state index contributed by atoms with van der Waals surface area (Å²) >= 11 is 12.0. The van der Waals surface area contributed by atoms with Crippen molar-refractivity contribution < 1.29 is 4.79 Å². The van der Waals surface area contributed by atoms with E-state index < -0.39 is 6.03 Å². The minimum Gasteiger partial charge on any atom is -0.382 e. The molecule has 0 radical (unpaired) electrons. The first kappa shape index (κ1) is 18.2. The molecule has 2 amide bonds. The van der Waals surface area contributed by atoms with Crippen molar-refractivity contribution in [3.05, 3.63) is 70.7 Å². The quantitative estimate of drug-likeness (QED) is 0.344. The topological polar surface area (TPSA) is 95.8 Å². The summed E-state index contributed by atoms with van der Waals surface area (Å²) < 4.78 is 0. The fraction of sp³-hybridized carbons (Fsp3) is 0. The maximum absolute atomic E-state index is 12.2. The fourth-order valence-corrected chi connectivity index (χ4v) is 3.29. The van der Waals surface area contributed by atoms with Crippen LogP contribution < -0.4 is 16.4 Å². The lowest BCUT2D eigenvalue weighted by Gasteiger charge is -2.10. The summed E-state index contributed by atoms with van der Waals surface area (Å²) in [6.07, 6.45) is 0. The number of fused-ring (bicyclic) bond motifs is 1. The third-order valence-corrected chi connectivity index (χ3v) is 4.81. The van der Waals surface area contributed by atoms with Crippen LogP contribution in [-0.2, 0) is 0 Å². The lowest BCUT2D eigenvalue weighted by Crippen LogP contribution is -2.19. The molecule has 4 aromatic rings. The molecule has 4 rings (SSSR count). The highest BCUT2D eigenvalue weighted by atomic mass is 35.5. The molecule has 0 unspecified atom stereocenters. The van der Waals surface area contributed by atoms with Crippen molar-refractivity contribution in [2.75, 3.05) is 16.4 Å². The van der Waals surface area contributed by atoms with Gasteiger partial charge in [0, 0.05) is 10.7 Å². The molecular formula is C20H15Cl2N5O. The summed E-state index contributed by atoms with van der Waals surface area (Å²) in [6.45, 7) is 0. The molecule has 6 nitrogen and oxygen atoms in total. The molecule has 0 bridgehead atoms. The number of halogens is 2. The van der Waals surface area contributed by atoms with E-state index in [9.17, 15) is 4.79 Å². The standard InChI is InChI=1S/C20H15Cl2N5O/c21-12-6-9-15(22)17(10-12)25-20(28)24-13-7-4-11(5-8-13)14-2-1-3-16-18(14)19(23)27-26-16/h1-10H,(H3,23,26,27)(H2,24,25,28). The van der Waals surface area contributed by atoms with Crippen molar-refractivity contribution in [1.29, 1.82) is 0 Å². The Morgan fingerprint density at radius 1 is 1.00 bits per heavy atom. The number of carbonyl (C=O) groups excluding carboxylic acids is 1. The monoisotopic (exact) mass is 411 g/mol. The van der Waals surface area contributed by atoms with Crippen molar-refractivity contribution >= 4 is 57.3 Å². The lowest BCUT2D eigenvalue weighted by molar-refractivity contribution is 0.262. The lowest BCUT2D eigenvalue weighted by atomic mass is 10.0. The van der Waals surface area contributed by atoms with Gasteiger partial charge in [-0.3, -0.25) is 5.10 Å². The summed E-state index contributed by atoms with van der Waals surface area (Å²) in [7, 11) is 0. The molecule has 28 heavy (non-hydrogen) atoms. The Balaban J connectivity index is 1.52. The van der Waals surface area contributed by atoms with Crippen LogP contribution >= 0.6 is 23.2 Å². The second-order valence-electron chi connectivity index (χ2n) is 6.12. The number of rotatable bonds is 3. The van der Waals surface area contributed by atoms with Crippen molar-refractivity contribution in [3.63, 3.8) is 0 Å². The van der Waals surface area contributed by atoms with E-state index in [-0.39, 0.29) is 0 Å². The zero-order chi connectivity index (χ0) is 19.7. The Morgan fingerprint density at radius 2 is 1.79 bits per heavy atom. The van der Waals surface area contributed by atoms with Crippen LogP contribution in [-0.4, -0.2) is 16.2 Å². The third kappa shape index (κ3) is 3.60. The number of nitrogens with two attached hydrogens (primary N) is 1. The zero-order valence-corrected chi connectivity index (χ0v) is 16.0. The molecule has 1 heterocycles. The molecule has 3 aromatic carbocycles. The molecule has 0 saturated heterocycles. The van der Waals surface area contributed by atoms with Gasteiger partial charge >= 0.3 is 6.03 Å². The van der Waals surface area contributed by atoms with E-state index in [2.05, 4.69) is 20.8 Å². The molecule has 0 atom stereocenters. The van der Waals surface area contributed by atoms with E-state index in [1.807, 2.05) is 42.5 Å². The number of aromatic nitrogens is 2. The Hall–Kier alpha value is -3.22. The van der Waals surface area contributed by atoms with E-state index in [4.69, 9.17) is 28.9 Å². The van der Waals surface area contributed by atoms with Gasteiger partial charge in [-0.05, 0) is 47.5 Å². The number of anilines is 3. The Kier molecular flexibility index (Phi) is 4.81. The summed E-state index contributed by atoms with van der Waals surface area (Å²) in [4.78, 5) is 12.2. The van der Waals surface area contributed by atoms with Crippen LogP contribution in [0.1, 0.15) is 0 Å². The first-order chi connectivity index (χ1) is 13.5. The van der Waals surface area contributed by atoms with Gasteiger partial charge in [0.25, 0.3) is 0 Å². The number of aromatic amines is 1. The number of amides is 2. The zero-order valence-electron chi connectivity index (χ0n) is 14.5. The molecule has 0 fully saturated rings. The number of hydrogen-bond acceptors (Lipinski definition) is 3. The minimum absolute atomic E-state index is 0.403. The van der Waals surface area contributed by atoms with Gasteiger partial charge in [0.05, 0.1) is 21.6 Å². The Morgan fingerprint density at radius 3 is 2.57 bits per heavy atom. The van der Waals surface area contributed by atoms with Gasteiger partial charge in [-0.15, -0.1) is 0 Å². The maximum Gasteiger partial charge on any atom is 0.323 e. The van der Waals surface area contributed by atoms with E-state index in [0.29, 0.717) is 27.2 Å². The molecule has 1 aromatic heterocycles. The predicted octanol–water partition coefficient (Wildman–Crippen LogP) is 5.76. The van der Waals surface area contributed by atoms with Gasteiger partial charge in [-0.2, -0.15) is 5.10 Å². The SMILES string of the molecule is Nc1n[nH]c2cccc(-c3ccc(NC(=O)Nc4cc(Cl)ccc4Cl)cc3)c12. The molecule has 0 spiro atoms. The highest BCUT2D eigenvalue weighted by Gasteiger charge is 2.10. The first-order valence-corrected chi connectivity index (χ1v) is 9.13. The smallest absolute Gasteiger partial charge is 0.323 e. The predicted molar refractivity (Wildman–Crippen MR) is 115 cm³/mol. The van der Waals surface area contributed by atoms with Crippen molar-refractivity contribution in [3.8, 4) is 11.1 Å². The fourth-order valence-electron chi connectivity index (χ4n) is 2.95. The summed E-state index contributed by atoms with van der Waals surface area (Å²) in [5.41, 5.74) is 9.84. The van der Waals surface area contributed by atoms with Crippen molar-refractivity contribution in [1.82, 2.24) is 10.2 Å². The van der Waals surface area contributed by atoms with Gasteiger partial charge in [-0.25, -0.2) is 4.79 Å². The Bertz CT molecular complexity index is 1170. The summed E-state index contributed by atoms with van der Waals surface area (Å²) in [5.74, 6) is 0.450. The maximum atomic E-state index is 12.2. The number of carbonyl (C=O) groups is 1. The molecule has 0 saturated carbocycles. The number of nitrogens with one attached hydrogen (secondary N) is 3. The van der Waals surface area contributed by atoms with Crippen LogP contribution in [0.2, 0.25) is 10.0 Å². The molecule has 8 heteroatoms. The van der Waals surface area contributed by atoms with E-state index in [1.54, 1.807) is 18.2 Å². The number of nitrogens with zero attached hydrogens (tertiary/aromatic N) is 1. The number of nitrogen functional groups attached to an aromatic ring is 1. The van der Waals surface area contributed by atoms with Gasteiger partial charge in [0.1, 0.15) is 0 Å². The highest BCUT2D eigenvalue weighted by molar-refractivity contribution is 6.35. The van der Waals surface area contributed by atoms with Crippen molar-refractivity contribution in [2.45, 2.75) is 0 Å². The van der Waals surface area contributed by atoms with Crippen molar-refractivity contribution in [2.24, 2.45) is 0 Å². The van der Waals surface area contributed by atoms with Gasteiger partial charge in [-0.1, -0.05) is 47.5 Å². The second-order valence-corrected chi connectivity index (χ2v) is 6.96. The van der Waals surface area contributed by atoms with Gasteiger partial charge in [0.2, 0.25) is 0 Å². The van der Waals surface area contributed by atoms with E-state index >= 15 is 0 Å². The number of hydrogen-bond donors (Lipinski definition) is 4. The first-order valence-electron chi connectivity index (χ1n) is 8.37. The normalized spacial score (nSPS) is 10.8. The number of urea groups is 1. The second kappa shape index (κ2) is 7.42. The van der Waals surface area contributed by atoms with Crippen LogP contribution in [0.5, 0.6) is 0 Å². The average molecular weight is 412 g/mol. The molecule has 0 aliphatic heterocycles. The van der Waals surface area contributed by atoms with Crippen LogP contribution in [0.25, 0.3) is 22.0 Å². The number of benzene rings is 3. The largest absolute Gasteiger partial charge is 0.382 e. The van der Waals surface area contributed by atoms with Crippen LogP contribution in [0.3, 0.4) is 0 Å². The van der Waals surface area contributed by atoms with Gasteiger partial charge < -0.3 is 16.4 Å². The number of H-pyrrole nitrogens is 1. The minimum atomic E-state index is -0.418. The van der Waals surface area contributed by atoms with Crippen LogP contribution in [0, 0.1) is 0 Å². The van der Waals surface area contributed by atoms with Gasteiger partial charge in [0.15, 0.2) is 5.82 Å². The van der Waals surface area contributed by atoms with Crippen LogP contribution in [0.4, 0.5) is 22.0 Å². The summed E-state index contributed by atoms with van der Waals surface area (Å²) in [6, 6.07) is 17.7. The molecular weight excluding hydrogens is 397 g/mol.